The number of nitrogens with one attached hydrogen (secondary N) is 2. The summed E-state index contributed by atoms with van der Waals surface area (Å²) in [6.45, 7) is 3.55. The van der Waals surface area contributed by atoms with Crippen LogP contribution in [-0.2, 0) is 0 Å². The predicted octanol–water partition coefficient (Wildman–Crippen LogP) is 0.243. The second-order valence-corrected chi connectivity index (χ2v) is 4.31. The van der Waals surface area contributed by atoms with Gasteiger partial charge in [0.25, 0.3) is 0 Å². The Labute approximate surface area is 104 Å². The summed E-state index contributed by atoms with van der Waals surface area (Å²) in [4.78, 5) is 17.8. The number of nitrogens with two attached hydrogens (primary N) is 1. The summed E-state index contributed by atoms with van der Waals surface area (Å²) >= 11 is 0. The third kappa shape index (κ3) is 3.50. The summed E-state index contributed by atoms with van der Waals surface area (Å²) < 4.78 is 0. The van der Waals surface area contributed by atoms with Gasteiger partial charge in [-0.25, -0.2) is 10.8 Å². The summed E-state index contributed by atoms with van der Waals surface area (Å²) in [5.74, 6) is 5.28. The largest absolute Gasteiger partial charge is 0.396 e. The molecule has 1 heterocycles. The van der Waals surface area contributed by atoms with Crippen molar-refractivity contribution >= 4 is 17.5 Å². The highest BCUT2D eigenvalue weighted by molar-refractivity contribution is 5.57. The average Bonchev–Trinajstić information content (AvgIpc) is 2.27. The van der Waals surface area contributed by atoms with Gasteiger partial charge >= 0.3 is 5.69 Å². The van der Waals surface area contributed by atoms with Gasteiger partial charge in [-0.1, -0.05) is 0 Å². The first-order valence-corrected chi connectivity index (χ1v) is 5.26. The summed E-state index contributed by atoms with van der Waals surface area (Å²) in [5, 5.41) is 22.7. The molecule has 0 spiro atoms. The summed E-state index contributed by atoms with van der Waals surface area (Å²) in [7, 11) is 0. The Morgan fingerprint density at radius 1 is 1.61 bits per heavy atom. The van der Waals surface area contributed by atoms with Crippen molar-refractivity contribution in [2.24, 2.45) is 5.84 Å². The zero-order chi connectivity index (χ0) is 13.8. The quantitative estimate of drug-likeness (QED) is 0.322. The highest BCUT2D eigenvalue weighted by Gasteiger charge is 2.24. The third-order valence-electron chi connectivity index (χ3n) is 2.29. The first kappa shape index (κ1) is 14.1. The zero-order valence-corrected chi connectivity index (χ0v) is 10.2. The molecular formula is C9H16N6O3. The summed E-state index contributed by atoms with van der Waals surface area (Å²) in [6.07, 6.45) is 1.49. The zero-order valence-electron chi connectivity index (χ0n) is 10.2. The summed E-state index contributed by atoms with van der Waals surface area (Å²) in [5.41, 5.74) is 1.43. The smallest absolute Gasteiger partial charge is 0.329 e. The normalized spacial score (nSPS) is 11.1. The number of nitro groups is 1. The molecule has 1 aromatic rings. The molecule has 0 atom stereocenters. The van der Waals surface area contributed by atoms with Gasteiger partial charge in [0, 0.05) is 12.1 Å². The fraction of sp³-hybridized carbons (Fsp3) is 0.556. The molecule has 0 amide bonds. The molecule has 0 aliphatic carbocycles. The molecular weight excluding hydrogens is 240 g/mol. The van der Waals surface area contributed by atoms with Crippen LogP contribution in [0.1, 0.15) is 20.3 Å². The Balaban J connectivity index is 3.08. The number of aromatic nitrogens is 2. The molecule has 1 aromatic heterocycles. The van der Waals surface area contributed by atoms with E-state index in [-0.39, 0.29) is 24.1 Å². The van der Waals surface area contributed by atoms with E-state index in [0.29, 0.717) is 6.42 Å². The molecule has 100 valence electrons. The molecule has 0 saturated heterocycles. The molecule has 0 saturated carbocycles. The van der Waals surface area contributed by atoms with E-state index in [1.807, 2.05) is 0 Å². The van der Waals surface area contributed by atoms with Gasteiger partial charge in [0.05, 0.1) is 4.92 Å². The minimum Gasteiger partial charge on any atom is -0.396 e. The molecule has 9 nitrogen and oxygen atoms in total. The molecule has 0 unspecified atom stereocenters. The van der Waals surface area contributed by atoms with Crippen molar-refractivity contribution < 1.29 is 10.0 Å². The highest BCUT2D eigenvalue weighted by atomic mass is 16.6. The lowest BCUT2D eigenvalue weighted by atomic mass is 10.0. The Morgan fingerprint density at radius 2 is 2.28 bits per heavy atom. The van der Waals surface area contributed by atoms with Gasteiger partial charge in [-0.3, -0.25) is 15.5 Å². The average molecular weight is 256 g/mol. The first-order valence-electron chi connectivity index (χ1n) is 5.26. The third-order valence-corrected chi connectivity index (χ3v) is 2.29. The monoisotopic (exact) mass is 256 g/mol. The van der Waals surface area contributed by atoms with Crippen molar-refractivity contribution in [2.75, 3.05) is 17.3 Å². The Kier molecular flexibility index (Phi) is 4.34. The van der Waals surface area contributed by atoms with Gasteiger partial charge in [-0.2, -0.15) is 4.98 Å². The molecule has 0 aliphatic heterocycles. The molecule has 1 rings (SSSR count). The molecule has 5 N–H and O–H groups in total. The fourth-order valence-electron chi connectivity index (χ4n) is 1.33. The molecule has 0 radical (unpaired) electrons. The van der Waals surface area contributed by atoms with E-state index in [4.69, 9.17) is 10.9 Å². The van der Waals surface area contributed by atoms with Crippen LogP contribution in [0.2, 0.25) is 0 Å². The maximum atomic E-state index is 10.8. The van der Waals surface area contributed by atoms with E-state index in [1.165, 1.54) is 0 Å². The first-order chi connectivity index (χ1) is 8.39. The van der Waals surface area contributed by atoms with Crippen LogP contribution in [0.3, 0.4) is 0 Å². The number of hydrazine groups is 1. The van der Waals surface area contributed by atoms with Crippen LogP contribution < -0.4 is 16.6 Å². The Bertz CT molecular complexity index is 436. The minimum absolute atomic E-state index is 0.0408. The van der Waals surface area contributed by atoms with Crippen molar-refractivity contribution in [1.82, 2.24) is 9.97 Å². The van der Waals surface area contributed by atoms with Crippen LogP contribution in [0.4, 0.5) is 17.5 Å². The molecule has 0 aliphatic rings. The number of hydrogen-bond donors (Lipinski definition) is 4. The van der Waals surface area contributed by atoms with Gasteiger partial charge in [0.2, 0.25) is 11.8 Å². The molecule has 0 fully saturated rings. The molecule has 18 heavy (non-hydrogen) atoms. The molecule has 0 aromatic carbocycles. The SMILES string of the molecule is CC(C)(CCO)Nc1nc(NN)ncc1[N+](=O)[O-]. The number of aliphatic hydroxyl groups excluding tert-OH is 1. The van der Waals surface area contributed by atoms with E-state index < -0.39 is 10.5 Å². The maximum Gasteiger partial charge on any atom is 0.329 e. The van der Waals surface area contributed by atoms with Gasteiger partial charge in [0.1, 0.15) is 6.20 Å². The highest BCUT2D eigenvalue weighted by Crippen LogP contribution is 2.26. The van der Waals surface area contributed by atoms with E-state index in [0.717, 1.165) is 6.20 Å². The lowest BCUT2D eigenvalue weighted by Crippen LogP contribution is -2.33. The van der Waals surface area contributed by atoms with Crippen molar-refractivity contribution in [3.8, 4) is 0 Å². The van der Waals surface area contributed by atoms with Crippen LogP contribution in [0, 0.1) is 10.1 Å². The minimum atomic E-state index is -0.586. The van der Waals surface area contributed by atoms with Crippen molar-refractivity contribution in [3.63, 3.8) is 0 Å². The number of hydrogen-bond acceptors (Lipinski definition) is 8. The van der Waals surface area contributed by atoms with Crippen LogP contribution in [-0.4, -0.2) is 32.1 Å². The predicted molar refractivity (Wildman–Crippen MR) is 65.9 cm³/mol. The molecule has 0 bridgehead atoms. The second-order valence-electron chi connectivity index (χ2n) is 4.31. The number of nitrogen functional groups attached to an aromatic ring is 1. The van der Waals surface area contributed by atoms with Crippen molar-refractivity contribution in [3.05, 3.63) is 16.3 Å². The van der Waals surface area contributed by atoms with Crippen LogP contribution >= 0.6 is 0 Å². The number of rotatable bonds is 6. The van der Waals surface area contributed by atoms with Gasteiger partial charge < -0.3 is 10.4 Å². The lowest BCUT2D eigenvalue weighted by molar-refractivity contribution is -0.384. The fourth-order valence-corrected chi connectivity index (χ4v) is 1.33. The molecule has 9 heteroatoms. The van der Waals surface area contributed by atoms with E-state index in [2.05, 4.69) is 20.7 Å². The van der Waals surface area contributed by atoms with Crippen LogP contribution in [0.15, 0.2) is 6.20 Å². The number of aliphatic hydroxyl groups is 1. The Hall–Kier alpha value is -2.00. The van der Waals surface area contributed by atoms with Crippen molar-refractivity contribution in [1.29, 1.82) is 0 Å². The van der Waals surface area contributed by atoms with Gasteiger partial charge in [-0.15, -0.1) is 0 Å². The van der Waals surface area contributed by atoms with E-state index >= 15 is 0 Å². The second kappa shape index (κ2) is 5.56. The van der Waals surface area contributed by atoms with E-state index in [1.54, 1.807) is 13.8 Å². The van der Waals surface area contributed by atoms with E-state index in [9.17, 15) is 10.1 Å². The van der Waals surface area contributed by atoms with Gasteiger partial charge in [-0.05, 0) is 20.3 Å². The van der Waals surface area contributed by atoms with Crippen LogP contribution in [0.5, 0.6) is 0 Å². The Morgan fingerprint density at radius 3 is 2.78 bits per heavy atom. The maximum absolute atomic E-state index is 10.8. The lowest BCUT2D eigenvalue weighted by Gasteiger charge is -2.25. The number of nitrogens with zero attached hydrogens (tertiary/aromatic N) is 3. The number of anilines is 2. The summed E-state index contributed by atoms with van der Waals surface area (Å²) in [6, 6.07) is 0. The van der Waals surface area contributed by atoms with Gasteiger partial charge in [0.15, 0.2) is 0 Å². The van der Waals surface area contributed by atoms with Crippen LogP contribution in [0.25, 0.3) is 0 Å². The van der Waals surface area contributed by atoms with Crippen molar-refractivity contribution in [2.45, 2.75) is 25.8 Å². The standard InChI is InChI=1S/C9H16N6O3/c1-9(2,3-4-16)13-7-6(15(17)18)5-11-8(12-7)14-10/h5,16H,3-4,10H2,1-2H3,(H2,11,12,13,14). The topological polar surface area (TPSA) is 139 Å².